The molecule has 1 aromatic carbocycles. The smallest absolute Gasteiger partial charge is 0.442 e. The summed E-state index contributed by atoms with van der Waals surface area (Å²) >= 11 is 0. The van der Waals surface area contributed by atoms with Crippen LogP contribution in [0.25, 0.3) is 0 Å². The summed E-state index contributed by atoms with van der Waals surface area (Å²) in [5, 5.41) is 8.98. The summed E-state index contributed by atoms with van der Waals surface area (Å²) in [7, 11) is 1.23. The van der Waals surface area contributed by atoms with Crippen LogP contribution in [0.5, 0.6) is 0 Å². The molecular weight excluding hydrogens is 276 g/mol. The molecule has 114 valence electrons. The Morgan fingerprint density at radius 1 is 1.43 bits per heavy atom. The molecule has 0 atom stereocenters. The van der Waals surface area contributed by atoms with Gasteiger partial charge in [-0.3, -0.25) is 0 Å². The number of carbonyl (C=O) groups excluding carboxylic acids is 1. The van der Waals surface area contributed by atoms with Crippen molar-refractivity contribution in [2.75, 3.05) is 38.5 Å². The van der Waals surface area contributed by atoms with Gasteiger partial charge in [-0.1, -0.05) is 12.1 Å². The van der Waals surface area contributed by atoms with Gasteiger partial charge in [0.05, 0.1) is 25.0 Å². The SMILES string of the molecule is COC(=O)OCOC1=Nc2ccccc2N(CCCO)C1. The third-order valence-corrected chi connectivity index (χ3v) is 2.95. The van der Waals surface area contributed by atoms with Crippen LogP contribution in [0.1, 0.15) is 6.42 Å². The van der Waals surface area contributed by atoms with Gasteiger partial charge >= 0.3 is 6.16 Å². The molecular formula is C14H18N2O5. The van der Waals surface area contributed by atoms with Crippen molar-refractivity contribution < 1.29 is 24.1 Å². The zero-order chi connectivity index (χ0) is 15.1. The van der Waals surface area contributed by atoms with E-state index < -0.39 is 6.16 Å². The highest BCUT2D eigenvalue weighted by molar-refractivity contribution is 5.90. The molecule has 0 unspecified atom stereocenters. The molecule has 2 rings (SSSR count). The summed E-state index contributed by atoms with van der Waals surface area (Å²) in [6, 6.07) is 7.68. The maximum absolute atomic E-state index is 10.9. The van der Waals surface area contributed by atoms with Crippen molar-refractivity contribution in [3.63, 3.8) is 0 Å². The Kier molecular flexibility index (Phi) is 5.39. The van der Waals surface area contributed by atoms with Crippen molar-refractivity contribution in [1.82, 2.24) is 0 Å². The average molecular weight is 294 g/mol. The second-order valence-corrected chi connectivity index (χ2v) is 4.35. The highest BCUT2D eigenvalue weighted by atomic mass is 16.8. The average Bonchev–Trinajstić information content (AvgIpc) is 2.52. The van der Waals surface area contributed by atoms with Gasteiger partial charge in [0, 0.05) is 13.2 Å². The lowest BCUT2D eigenvalue weighted by Gasteiger charge is -2.29. The van der Waals surface area contributed by atoms with E-state index in [0.29, 0.717) is 25.4 Å². The number of aliphatic imine (C=N–C) groups is 1. The van der Waals surface area contributed by atoms with E-state index in [0.717, 1.165) is 11.4 Å². The Morgan fingerprint density at radius 3 is 3.00 bits per heavy atom. The minimum absolute atomic E-state index is 0.122. The Labute approximate surface area is 122 Å². The third kappa shape index (κ3) is 4.09. The minimum Gasteiger partial charge on any atom is -0.442 e. The number of hydrogen-bond acceptors (Lipinski definition) is 7. The molecule has 1 aromatic rings. The number of carbonyl (C=O) groups is 1. The number of nitrogens with zero attached hydrogens (tertiary/aromatic N) is 2. The van der Waals surface area contributed by atoms with Crippen LogP contribution in [-0.2, 0) is 14.2 Å². The fraction of sp³-hybridized carbons (Fsp3) is 0.429. The minimum atomic E-state index is -0.802. The molecule has 1 aliphatic heterocycles. The van der Waals surface area contributed by atoms with Gasteiger partial charge in [0.15, 0.2) is 0 Å². The molecule has 1 aliphatic rings. The first-order valence-electron chi connectivity index (χ1n) is 6.60. The summed E-state index contributed by atoms with van der Waals surface area (Å²) in [6.07, 6.45) is -0.149. The van der Waals surface area contributed by atoms with E-state index in [2.05, 4.69) is 19.4 Å². The Hall–Kier alpha value is -2.28. The Morgan fingerprint density at radius 2 is 2.24 bits per heavy atom. The fourth-order valence-electron chi connectivity index (χ4n) is 1.99. The molecule has 7 heteroatoms. The van der Waals surface area contributed by atoms with Crippen LogP contribution in [0, 0.1) is 0 Å². The van der Waals surface area contributed by atoms with Crippen molar-refractivity contribution in [2.45, 2.75) is 6.42 Å². The van der Waals surface area contributed by atoms with Gasteiger partial charge < -0.3 is 24.2 Å². The molecule has 7 nitrogen and oxygen atoms in total. The summed E-state index contributed by atoms with van der Waals surface area (Å²) < 4.78 is 14.4. The van der Waals surface area contributed by atoms with E-state index in [1.165, 1.54) is 7.11 Å². The van der Waals surface area contributed by atoms with Crippen molar-refractivity contribution in [3.05, 3.63) is 24.3 Å². The number of benzene rings is 1. The van der Waals surface area contributed by atoms with E-state index >= 15 is 0 Å². The Balaban J connectivity index is 2.03. The fourth-order valence-corrected chi connectivity index (χ4v) is 1.99. The van der Waals surface area contributed by atoms with Crippen LogP contribution in [0.2, 0.25) is 0 Å². The topological polar surface area (TPSA) is 80.6 Å². The first-order chi connectivity index (χ1) is 10.2. The van der Waals surface area contributed by atoms with Gasteiger partial charge in [0.25, 0.3) is 0 Å². The molecule has 0 fully saturated rings. The molecule has 0 saturated carbocycles. The number of aliphatic hydroxyl groups is 1. The molecule has 21 heavy (non-hydrogen) atoms. The maximum Gasteiger partial charge on any atom is 0.510 e. The molecule has 1 heterocycles. The number of para-hydroxylation sites is 2. The first kappa shape index (κ1) is 15.1. The van der Waals surface area contributed by atoms with Crippen LogP contribution >= 0.6 is 0 Å². The van der Waals surface area contributed by atoms with Crippen molar-refractivity contribution in [2.24, 2.45) is 4.99 Å². The van der Waals surface area contributed by atoms with Crippen molar-refractivity contribution in [1.29, 1.82) is 0 Å². The second kappa shape index (κ2) is 7.49. The zero-order valence-corrected chi connectivity index (χ0v) is 11.8. The molecule has 0 aromatic heterocycles. The van der Waals surface area contributed by atoms with E-state index in [1.807, 2.05) is 24.3 Å². The lowest BCUT2D eigenvalue weighted by atomic mass is 10.2. The van der Waals surface area contributed by atoms with Crippen LogP contribution < -0.4 is 4.90 Å². The third-order valence-electron chi connectivity index (χ3n) is 2.95. The quantitative estimate of drug-likeness (QED) is 0.657. The molecule has 1 N–H and O–H groups in total. The van der Waals surface area contributed by atoms with E-state index in [9.17, 15) is 4.79 Å². The molecule has 0 aliphatic carbocycles. The summed E-state index contributed by atoms with van der Waals surface area (Å²) in [4.78, 5) is 17.3. The van der Waals surface area contributed by atoms with E-state index in [4.69, 9.17) is 9.84 Å². The van der Waals surface area contributed by atoms with Gasteiger partial charge in [0.2, 0.25) is 12.7 Å². The molecule has 0 bridgehead atoms. The van der Waals surface area contributed by atoms with Gasteiger partial charge in [-0.2, -0.15) is 0 Å². The lowest BCUT2D eigenvalue weighted by Crippen LogP contribution is -2.35. The van der Waals surface area contributed by atoms with Crippen LogP contribution in [0.4, 0.5) is 16.2 Å². The lowest BCUT2D eigenvalue weighted by molar-refractivity contribution is 0.00915. The highest BCUT2D eigenvalue weighted by Crippen LogP contribution is 2.31. The van der Waals surface area contributed by atoms with Gasteiger partial charge in [-0.15, -0.1) is 0 Å². The predicted molar refractivity (Wildman–Crippen MR) is 76.9 cm³/mol. The molecule has 0 radical (unpaired) electrons. The number of rotatable bonds is 5. The Bertz CT molecular complexity index is 518. The predicted octanol–water partition coefficient (Wildman–Crippen LogP) is 1.68. The van der Waals surface area contributed by atoms with Crippen molar-refractivity contribution in [3.8, 4) is 0 Å². The molecule has 0 amide bonds. The maximum atomic E-state index is 10.9. The van der Waals surface area contributed by atoms with Crippen LogP contribution in [0.15, 0.2) is 29.3 Å². The van der Waals surface area contributed by atoms with E-state index in [-0.39, 0.29) is 13.4 Å². The number of ether oxygens (including phenoxy) is 3. The summed E-state index contributed by atoms with van der Waals surface area (Å²) in [6.45, 7) is 1.02. The molecule has 0 spiro atoms. The monoisotopic (exact) mass is 294 g/mol. The van der Waals surface area contributed by atoms with Gasteiger partial charge in [0.1, 0.15) is 0 Å². The zero-order valence-electron chi connectivity index (χ0n) is 11.8. The van der Waals surface area contributed by atoms with Gasteiger partial charge in [-0.05, 0) is 18.6 Å². The van der Waals surface area contributed by atoms with Crippen LogP contribution in [-0.4, -0.2) is 50.8 Å². The summed E-state index contributed by atoms with van der Waals surface area (Å²) in [5.41, 5.74) is 1.78. The standard InChI is InChI=1S/C14H18N2O5/c1-19-14(18)21-10-20-13-9-16(7-4-8-17)12-6-3-2-5-11(12)15-13/h2-3,5-6,17H,4,7-10H2,1H3. The van der Waals surface area contributed by atoms with Crippen molar-refractivity contribution >= 4 is 23.4 Å². The van der Waals surface area contributed by atoms with Crippen LogP contribution in [0.3, 0.4) is 0 Å². The number of aliphatic hydroxyl groups excluding tert-OH is 1. The normalized spacial score (nSPS) is 13.2. The van der Waals surface area contributed by atoms with Gasteiger partial charge in [-0.25, -0.2) is 9.79 Å². The number of fused-ring (bicyclic) bond motifs is 1. The molecule has 0 saturated heterocycles. The number of methoxy groups -OCH3 is 1. The van der Waals surface area contributed by atoms with E-state index in [1.54, 1.807) is 0 Å². The number of hydrogen-bond donors (Lipinski definition) is 1. The second-order valence-electron chi connectivity index (χ2n) is 4.35. The summed E-state index contributed by atoms with van der Waals surface area (Å²) in [5.74, 6) is 0.454. The largest absolute Gasteiger partial charge is 0.510 e. The number of anilines is 1. The first-order valence-corrected chi connectivity index (χ1v) is 6.60. The highest BCUT2D eigenvalue weighted by Gasteiger charge is 2.20.